The smallest absolute Gasteiger partial charge is 0.335 e. The largest absolute Gasteiger partial charge is 0.497 e. The summed E-state index contributed by atoms with van der Waals surface area (Å²) in [6.07, 6.45) is 0.837. The summed E-state index contributed by atoms with van der Waals surface area (Å²) in [6, 6.07) is 34.3. The predicted molar refractivity (Wildman–Crippen MR) is 187 cm³/mol. The van der Waals surface area contributed by atoms with Gasteiger partial charge in [0, 0.05) is 31.4 Å². The first-order chi connectivity index (χ1) is 22.2. The van der Waals surface area contributed by atoms with Crippen molar-refractivity contribution in [3.63, 3.8) is 0 Å². The van der Waals surface area contributed by atoms with Crippen molar-refractivity contribution in [3.8, 4) is 5.75 Å². The van der Waals surface area contributed by atoms with Gasteiger partial charge < -0.3 is 24.8 Å². The fraction of sp³-hybridized carbons (Fsp3) is 0.333. The lowest BCUT2D eigenvalue weighted by atomic mass is 10.2. The van der Waals surface area contributed by atoms with Crippen LogP contribution in [0.4, 0.5) is 5.69 Å². The monoisotopic (exact) mass is 663 g/mol. The molecular formula is C36H46N3O5PS. The molecule has 4 rings (SSSR count). The first-order valence-electron chi connectivity index (χ1n) is 15.6. The Labute approximate surface area is 276 Å². The Morgan fingerprint density at radius 2 is 1.37 bits per heavy atom. The number of nitrogens with one attached hydrogen (secondary N) is 1. The Balaban J connectivity index is 1.30. The van der Waals surface area contributed by atoms with Crippen molar-refractivity contribution in [1.29, 1.82) is 0 Å². The van der Waals surface area contributed by atoms with Crippen LogP contribution in [0.15, 0.2) is 114 Å². The summed E-state index contributed by atoms with van der Waals surface area (Å²) >= 11 is 0. The third kappa shape index (κ3) is 11.8. The van der Waals surface area contributed by atoms with Crippen LogP contribution < -0.4 is 15.8 Å². The van der Waals surface area contributed by atoms with E-state index in [9.17, 15) is 8.77 Å². The Hall–Kier alpha value is -3.30. The molecule has 2 atom stereocenters. The predicted octanol–water partition coefficient (Wildman–Crippen LogP) is 7.63. The molecule has 8 nitrogen and oxygen atoms in total. The highest BCUT2D eigenvalue weighted by molar-refractivity contribution is 7.82. The lowest BCUT2D eigenvalue weighted by Crippen LogP contribution is -2.37. The third-order valence-corrected chi connectivity index (χ3v) is 10.5. The molecule has 0 amide bonds. The molecule has 0 aliphatic rings. The van der Waals surface area contributed by atoms with Crippen LogP contribution >= 0.6 is 7.60 Å². The standard InChI is InChI=1S/C36H46N3O5PS/c1-29(2)25-39(46(41)36-20-18-35(42-3)19-21-36)23-22-33(37)24-38-34-16-14-32(15-17-34)28-45(40,43-26-30-10-6-4-7-11-30)44-27-31-12-8-5-9-13-31/h4-21,29,33,38H,22-28,37H2,1-3H3/t33-,46?/m1/s1. The molecule has 0 saturated heterocycles. The molecular weight excluding hydrogens is 617 g/mol. The van der Waals surface area contributed by atoms with Crippen molar-refractivity contribution in [2.24, 2.45) is 11.7 Å². The maximum Gasteiger partial charge on any atom is 0.335 e. The van der Waals surface area contributed by atoms with Gasteiger partial charge in [0.05, 0.1) is 31.4 Å². The summed E-state index contributed by atoms with van der Waals surface area (Å²) in [5.74, 6) is 1.09. The van der Waals surface area contributed by atoms with Crippen LogP contribution in [-0.4, -0.2) is 41.3 Å². The van der Waals surface area contributed by atoms with E-state index in [0.717, 1.165) is 33.0 Å². The zero-order chi connectivity index (χ0) is 32.8. The van der Waals surface area contributed by atoms with Gasteiger partial charge in [0.25, 0.3) is 0 Å². The van der Waals surface area contributed by atoms with Crippen molar-refractivity contribution in [2.75, 3.05) is 32.1 Å². The van der Waals surface area contributed by atoms with Crippen LogP contribution in [-0.2, 0) is 44.0 Å². The van der Waals surface area contributed by atoms with Crippen LogP contribution in [0.3, 0.4) is 0 Å². The number of hydrogen-bond acceptors (Lipinski definition) is 7. The molecule has 10 heteroatoms. The zero-order valence-corrected chi connectivity index (χ0v) is 28.6. The molecule has 4 aromatic carbocycles. The summed E-state index contributed by atoms with van der Waals surface area (Å²) in [4.78, 5) is 0.744. The maximum atomic E-state index is 13.9. The van der Waals surface area contributed by atoms with Crippen molar-refractivity contribution in [2.45, 2.75) is 50.6 Å². The van der Waals surface area contributed by atoms with Crippen molar-refractivity contribution in [3.05, 3.63) is 126 Å². The molecule has 1 unspecified atom stereocenters. The quantitative estimate of drug-likeness (QED) is 0.0995. The van der Waals surface area contributed by atoms with Crippen LogP contribution in [0.5, 0.6) is 5.75 Å². The topological polar surface area (TPSA) is 103 Å². The molecule has 0 bridgehead atoms. The van der Waals surface area contributed by atoms with E-state index in [-0.39, 0.29) is 25.4 Å². The Morgan fingerprint density at radius 1 is 0.804 bits per heavy atom. The minimum atomic E-state index is -3.46. The van der Waals surface area contributed by atoms with E-state index in [4.69, 9.17) is 19.5 Å². The van der Waals surface area contributed by atoms with E-state index < -0.39 is 18.6 Å². The van der Waals surface area contributed by atoms with Crippen LogP contribution in [0, 0.1) is 5.92 Å². The first kappa shape index (κ1) is 35.6. The number of benzene rings is 4. The number of anilines is 1. The first-order valence-corrected chi connectivity index (χ1v) is 18.4. The van der Waals surface area contributed by atoms with Gasteiger partial charge in [0.2, 0.25) is 0 Å². The summed E-state index contributed by atoms with van der Waals surface area (Å²) in [6.45, 7) is 6.51. The number of ether oxygens (including phenoxy) is 1. The average Bonchev–Trinajstić information content (AvgIpc) is 3.08. The Morgan fingerprint density at radius 3 is 1.89 bits per heavy atom. The number of nitrogens with two attached hydrogens (primary N) is 1. The molecule has 3 N–H and O–H groups in total. The van der Waals surface area contributed by atoms with Crippen molar-refractivity contribution >= 4 is 24.3 Å². The van der Waals surface area contributed by atoms with Crippen LogP contribution in [0.1, 0.15) is 37.0 Å². The molecule has 4 aromatic rings. The normalized spacial score (nSPS) is 13.1. The van der Waals surface area contributed by atoms with Crippen molar-refractivity contribution < 1.29 is 22.6 Å². The van der Waals surface area contributed by atoms with Gasteiger partial charge in [-0.15, -0.1) is 0 Å². The van der Waals surface area contributed by atoms with Gasteiger partial charge in [-0.2, -0.15) is 0 Å². The van der Waals surface area contributed by atoms with Gasteiger partial charge in [-0.25, -0.2) is 8.51 Å². The second kappa shape index (κ2) is 18.1. The number of nitrogens with zero attached hydrogens (tertiary/aromatic N) is 1. The zero-order valence-electron chi connectivity index (χ0n) is 26.9. The summed E-state index contributed by atoms with van der Waals surface area (Å²) in [7, 11) is -3.13. The highest BCUT2D eigenvalue weighted by Gasteiger charge is 2.26. The Kier molecular flexibility index (Phi) is 14.0. The minimum Gasteiger partial charge on any atom is -0.497 e. The summed E-state index contributed by atoms with van der Waals surface area (Å²) in [5.41, 5.74) is 10.1. The molecule has 246 valence electrons. The SMILES string of the molecule is COc1ccc(S(=O)N(CC[C@@H](N)CNc2ccc(CP(=O)(OCc3ccccc3)OCc3ccccc3)cc2)CC(C)C)cc1. The van der Waals surface area contributed by atoms with E-state index >= 15 is 0 Å². The molecule has 0 aromatic heterocycles. The van der Waals surface area contributed by atoms with E-state index in [1.54, 1.807) is 7.11 Å². The maximum absolute atomic E-state index is 13.9. The molecule has 0 aliphatic carbocycles. The molecule has 0 spiro atoms. The van der Waals surface area contributed by atoms with E-state index in [0.29, 0.717) is 32.0 Å². The second-order valence-electron chi connectivity index (χ2n) is 11.6. The highest BCUT2D eigenvalue weighted by Crippen LogP contribution is 2.53. The van der Waals surface area contributed by atoms with Gasteiger partial charge in [-0.1, -0.05) is 86.6 Å². The number of rotatable bonds is 19. The van der Waals surface area contributed by atoms with Gasteiger partial charge in [-0.3, -0.25) is 4.57 Å². The van der Waals surface area contributed by atoms with Crippen LogP contribution in [0.25, 0.3) is 0 Å². The van der Waals surface area contributed by atoms with E-state index in [1.807, 2.05) is 113 Å². The summed E-state index contributed by atoms with van der Waals surface area (Å²) < 4.78 is 46.3. The van der Waals surface area contributed by atoms with Gasteiger partial charge in [0.1, 0.15) is 16.7 Å². The van der Waals surface area contributed by atoms with Gasteiger partial charge >= 0.3 is 7.60 Å². The minimum absolute atomic E-state index is 0.139. The second-order valence-corrected chi connectivity index (χ2v) is 15.2. The lowest BCUT2D eigenvalue weighted by molar-refractivity contribution is 0.190. The molecule has 0 radical (unpaired) electrons. The van der Waals surface area contributed by atoms with E-state index in [2.05, 4.69) is 19.2 Å². The molecule has 0 aliphatic heterocycles. The number of methoxy groups -OCH3 is 1. The van der Waals surface area contributed by atoms with Crippen LogP contribution in [0.2, 0.25) is 0 Å². The average molecular weight is 664 g/mol. The van der Waals surface area contributed by atoms with Gasteiger partial charge in [-0.05, 0) is 65.4 Å². The molecule has 0 saturated carbocycles. The highest BCUT2D eigenvalue weighted by atomic mass is 32.2. The van der Waals surface area contributed by atoms with E-state index in [1.165, 1.54) is 0 Å². The molecule has 0 fully saturated rings. The molecule has 0 heterocycles. The third-order valence-electron chi connectivity index (χ3n) is 7.25. The van der Waals surface area contributed by atoms with Crippen molar-refractivity contribution in [1.82, 2.24) is 4.31 Å². The van der Waals surface area contributed by atoms with Gasteiger partial charge in [0.15, 0.2) is 0 Å². The Bertz CT molecular complexity index is 1480. The summed E-state index contributed by atoms with van der Waals surface area (Å²) in [5, 5.41) is 3.40. The molecule has 46 heavy (non-hydrogen) atoms. The number of hydrogen-bond donors (Lipinski definition) is 2. The lowest BCUT2D eigenvalue weighted by Gasteiger charge is -2.25. The fourth-order valence-corrected chi connectivity index (χ4v) is 7.70. The fourth-order valence-electron chi connectivity index (χ4n) is 4.73.